The first-order valence-corrected chi connectivity index (χ1v) is 11.2. The summed E-state index contributed by atoms with van der Waals surface area (Å²) in [5, 5.41) is 11.7. The average molecular weight is 439 g/mol. The Morgan fingerprint density at radius 3 is 2.23 bits per heavy atom. The highest BCUT2D eigenvalue weighted by Crippen LogP contribution is 2.21. The van der Waals surface area contributed by atoms with Gasteiger partial charge in [0.25, 0.3) is 5.91 Å². The molecule has 1 heterocycles. The Hall–Kier alpha value is -3.13. The molecule has 2 aromatic carbocycles. The minimum Gasteiger partial charge on any atom is -0.449 e. The predicted octanol–water partition coefficient (Wildman–Crippen LogP) is 4.61. The Morgan fingerprint density at radius 1 is 1.00 bits per heavy atom. The number of ether oxygens (including phenoxy) is 1. The molecule has 162 valence electrons. The number of hydrogen-bond acceptors (Lipinski definition) is 6. The number of amides is 1. The summed E-state index contributed by atoms with van der Waals surface area (Å²) >= 11 is 1.49. The third-order valence-electron chi connectivity index (χ3n) is 4.84. The molecule has 0 aliphatic carbocycles. The van der Waals surface area contributed by atoms with Crippen molar-refractivity contribution < 1.29 is 14.3 Å². The molecule has 1 atom stereocenters. The van der Waals surface area contributed by atoms with Crippen LogP contribution in [0.4, 0.5) is 5.69 Å². The number of rotatable bonds is 7. The molecule has 8 heteroatoms. The molecule has 0 aliphatic heterocycles. The lowest BCUT2D eigenvalue weighted by Crippen LogP contribution is -2.30. The molecule has 1 N–H and O–H groups in total. The second-order valence-corrected chi connectivity index (χ2v) is 8.20. The van der Waals surface area contributed by atoms with E-state index in [1.807, 2.05) is 42.0 Å². The van der Waals surface area contributed by atoms with Crippen molar-refractivity contribution in [3.63, 3.8) is 0 Å². The van der Waals surface area contributed by atoms with Crippen molar-refractivity contribution in [2.45, 2.75) is 44.9 Å². The molecule has 0 bridgehead atoms. The van der Waals surface area contributed by atoms with Crippen LogP contribution in [0.5, 0.6) is 0 Å². The zero-order valence-corrected chi connectivity index (χ0v) is 19.1. The van der Waals surface area contributed by atoms with Gasteiger partial charge in [-0.2, -0.15) is 0 Å². The Morgan fingerprint density at radius 2 is 1.65 bits per heavy atom. The van der Waals surface area contributed by atoms with E-state index in [4.69, 9.17) is 4.74 Å². The van der Waals surface area contributed by atoms with Gasteiger partial charge in [0.1, 0.15) is 5.82 Å². The monoisotopic (exact) mass is 438 g/mol. The third kappa shape index (κ3) is 5.32. The maximum atomic E-state index is 12.5. The van der Waals surface area contributed by atoms with Crippen LogP contribution in [-0.2, 0) is 9.53 Å². The fraction of sp³-hybridized carbons (Fsp3) is 0.304. The first kappa shape index (κ1) is 22.6. The van der Waals surface area contributed by atoms with Crippen molar-refractivity contribution >= 4 is 29.3 Å². The molecule has 0 saturated heterocycles. The largest absolute Gasteiger partial charge is 0.449 e. The number of carbonyl (C=O) groups is 2. The van der Waals surface area contributed by atoms with Gasteiger partial charge in [0.15, 0.2) is 11.3 Å². The van der Waals surface area contributed by atoms with Crippen molar-refractivity contribution in [2.24, 2.45) is 0 Å². The first-order valence-electron chi connectivity index (χ1n) is 9.98. The van der Waals surface area contributed by atoms with E-state index in [0.29, 0.717) is 17.2 Å². The third-order valence-corrected chi connectivity index (χ3v) is 5.47. The number of esters is 1. The maximum Gasteiger partial charge on any atom is 0.338 e. The van der Waals surface area contributed by atoms with E-state index in [-0.39, 0.29) is 5.91 Å². The smallest absolute Gasteiger partial charge is 0.338 e. The van der Waals surface area contributed by atoms with Crippen LogP contribution < -0.4 is 5.32 Å². The molecule has 3 aromatic rings. The Balaban J connectivity index is 1.62. The minimum absolute atomic E-state index is 0.362. The average Bonchev–Trinajstić information content (AvgIpc) is 3.14. The SMILES string of the molecule is CSc1nnc(C)n1-c1ccc(C(=O)OC(C)C(=O)Nc2ccc(C(C)C)cc2)cc1. The zero-order valence-electron chi connectivity index (χ0n) is 18.2. The molecule has 0 aliphatic rings. The van der Waals surface area contributed by atoms with Gasteiger partial charge >= 0.3 is 5.97 Å². The lowest BCUT2D eigenvalue weighted by atomic mass is 10.0. The van der Waals surface area contributed by atoms with Crippen LogP contribution in [0.25, 0.3) is 5.69 Å². The summed E-state index contributed by atoms with van der Waals surface area (Å²) in [7, 11) is 0. The number of thioether (sulfide) groups is 1. The summed E-state index contributed by atoms with van der Waals surface area (Å²) in [6.45, 7) is 7.63. The molecule has 3 rings (SSSR count). The molecule has 31 heavy (non-hydrogen) atoms. The number of aromatic nitrogens is 3. The Bertz CT molecular complexity index is 1060. The molecular formula is C23H26N4O3S. The second kappa shape index (κ2) is 9.78. The summed E-state index contributed by atoms with van der Waals surface area (Å²) in [4.78, 5) is 24.9. The van der Waals surface area contributed by atoms with Crippen LogP contribution in [0.15, 0.2) is 53.7 Å². The van der Waals surface area contributed by atoms with Crippen LogP contribution in [0.1, 0.15) is 48.4 Å². The number of nitrogens with one attached hydrogen (secondary N) is 1. The molecular weight excluding hydrogens is 412 g/mol. The molecule has 0 radical (unpaired) electrons. The van der Waals surface area contributed by atoms with Crippen molar-refractivity contribution in [2.75, 3.05) is 11.6 Å². The van der Waals surface area contributed by atoms with Gasteiger partial charge < -0.3 is 10.1 Å². The van der Waals surface area contributed by atoms with Gasteiger partial charge in [0.05, 0.1) is 5.56 Å². The Kier molecular flexibility index (Phi) is 7.12. The normalized spacial score (nSPS) is 11.9. The van der Waals surface area contributed by atoms with Crippen molar-refractivity contribution in [3.8, 4) is 5.69 Å². The second-order valence-electron chi connectivity index (χ2n) is 7.43. The van der Waals surface area contributed by atoms with E-state index < -0.39 is 12.1 Å². The van der Waals surface area contributed by atoms with Crippen LogP contribution in [0.3, 0.4) is 0 Å². The van der Waals surface area contributed by atoms with E-state index in [1.165, 1.54) is 17.3 Å². The van der Waals surface area contributed by atoms with Gasteiger partial charge in [-0.1, -0.05) is 37.7 Å². The Labute approximate surface area is 186 Å². The van der Waals surface area contributed by atoms with Crippen LogP contribution >= 0.6 is 11.8 Å². The maximum absolute atomic E-state index is 12.5. The van der Waals surface area contributed by atoms with Gasteiger partial charge in [-0.25, -0.2) is 4.79 Å². The molecule has 1 amide bonds. The quantitative estimate of drug-likeness (QED) is 0.428. The number of nitrogens with zero attached hydrogens (tertiary/aromatic N) is 3. The summed E-state index contributed by atoms with van der Waals surface area (Å²) in [5.41, 5.74) is 3.06. The lowest BCUT2D eigenvalue weighted by molar-refractivity contribution is -0.123. The number of carbonyl (C=O) groups excluding carboxylic acids is 2. The topological polar surface area (TPSA) is 86.1 Å². The molecule has 0 spiro atoms. The van der Waals surface area contributed by atoms with E-state index >= 15 is 0 Å². The number of aryl methyl sites for hydroxylation is 1. The summed E-state index contributed by atoms with van der Waals surface area (Å²) in [6.07, 6.45) is 0.997. The van der Waals surface area contributed by atoms with Gasteiger partial charge in [-0.3, -0.25) is 9.36 Å². The van der Waals surface area contributed by atoms with Crippen LogP contribution in [0.2, 0.25) is 0 Å². The summed E-state index contributed by atoms with van der Waals surface area (Å²) in [5.74, 6) is 0.227. The van der Waals surface area contributed by atoms with Crippen molar-refractivity contribution in [3.05, 3.63) is 65.5 Å². The minimum atomic E-state index is -0.930. The fourth-order valence-electron chi connectivity index (χ4n) is 3.00. The lowest BCUT2D eigenvalue weighted by Gasteiger charge is -2.14. The fourth-order valence-corrected chi connectivity index (χ4v) is 3.54. The number of hydrogen-bond donors (Lipinski definition) is 1. The van der Waals surface area contributed by atoms with Crippen LogP contribution in [-0.4, -0.2) is 39.0 Å². The van der Waals surface area contributed by atoms with Gasteiger partial charge in [-0.15, -0.1) is 10.2 Å². The van der Waals surface area contributed by atoms with E-state index in [0.717, 1.165) is 16.7 Å². The first-order chi connectivity index (χ1) is 14.8. The van der Waals surface area contributed by atoms with Crippen LogP contribution in [0, 0.1) is 6.92 Å². The molecule has 1 unspecified atom stereocenters. The number of benzene rings is 2. The van der Waals surface area contributed by atoms with Gasteiger partial charge in [-0.05, 0) is 68.0 Å². The molecule has 0 saturated carbocycles. The zero-order chi connectivity index (χ0) is 22.5. The molecule has 0 fully saturated rings. The molecule has 7 nitrogen and oxygen atoms in total. The van der Waals surface area contributed by atoms with E-state index in [9.17, 15) is 9.59 Å². The van der Waals surface area contributed by atoms with Gasteiger partial charge in [0.2, 0.25) is 0 Å². The highest BCUT2D eigenvalue weighted by Gasteiger charge is 2.19. The summed E-state index contributed by atoms with van der Waals surface area (Å²) < 4.78 is 7.25. The highest BCUT2D eigenvalue weighted by atomic mass is 32.2. The van der Waals surface area contributed by atoms with Crippen molar-refractivity contribution in [1.29, 1.82) is 0 Å². The highest BCUT2D eigenvalue weighted by molar-refractivity contribution is 7.98. The van der Waals surface area contributed by atoms with Gasteiger partial charge in [0, 0.05) is 11.4 Å². The van der Waals surface area contributed by atoms with Crippen molar-refractivity contribution in [1.82, 2.24) is 14.8 Å². The predicted molar refractivity (Wildman–Crippen MR) is 122 cm³/mol. The van der Waals surface area contributed by atoms with E-state index in [2.05, 4.69) is 29.4 Å². The van der Waals surface area contributed by atoms with E-state index in [1.54, 1.807) is 31.2 Å². The number of anilines is 1. The standard InChI is InChI=1S/C23H26N4O3S/c1-14(2)17-6-10-19(11-7-17)24-21(28)15(3)30-22(29)18-8-12-20(13-9-18)27-16(4)25-26-23(27)31-5/h6-15H,1-5H3,(H,24,28). The molecule has 1 aromatic heterocycles. The summed E-state index contributed by atoms with van der Waals surface area (Å²) in [6, 6.07) is 14.6.